The largest absolute Gasteiger partial charge is 0.506 e. The lowest BCUT2D eigenvalue weighted by Gasteiger charge is -2.31. The Morgan fingerprint density at radius 1 is 1.20 bits per heavy atom. The Balaban J connectivity index is 0.000000333. The molecular formula is C16H20N2O7. The fourth-order valence-electron chi connectivity index (χ4n) is 2.54. The second kappa shape index (κ2) is 9.40. The average molecular weight is 352 g/mol. The number of aliphatic carboxylic acids is 2. The van der Waals surface area contributed by atoms with Crippen LogP contribution in [0, 0.1) is 0 Å². The zero-order valence-electron chi connectivity index (χ0n) is 13.5. The summed E-state index contributed by atoms with van der Waals surface area (Å²) in [4.78, 5) is 29.6. The van der Waals surface area contributed by atoms with Crippen molar-refractivity contribution in [1.82, 2.24) is 5.32 Å². The van der Waals surface area contributed by atoms with Crippen LogP contribution in [-0.2, 0) is 20.8 Å². The predicted octanol–water partition coefficient (Wildman–Crippen LogP) is 0.240. The predicted molar refractivity (Wildman–Crippen MR) is 88.3 cm³/mol. The molecule has 0 aliphatic heterocycles. The summed E-state index contributed by atoms with van der Waals surface area (Å²) in [6.45, 7) is 0. The number of hydrogen-bond acceptors (Lipinski definition) is 6. The molecule has 0 bridgehead atoms. The Morgan fingerprint density at radius 2 is 1.80 bits per heavy atom. The SMILES string of the molecule is CN[C@H]1CCc2c(ccc(O)c2NC=O)[C@H]1O.O=C(O)/C=C/C(=O)O. The van der Waals surface area contributed by atoms with Crippen molar-refractivity contribution in [3.05, 3.63) is 35.4 Å². The van der Waals surface area contributed by atoms with Crippen molar-refractivity contribution in [2.45, 2.75) is 25.0 Å². The molecule has 0 spiro atoms. The first kappa shape index (κ1) is 20.1. The maximum absolute atomic E-state index is 10.5. The molecule has 6 N–H and O–H groups in total. The summed E-state index contributed by atoms with van der Waals surface area (Å²) in [5.74, 6) is -2.48. The first-order valence-corrected chi connectivity index (χ1v) is 7.36. The summed E-state index contributed by atoms with van der Waals surface area (Å²) in [7, 11) is 1.81. The number of phenolic OH excluding ortho intramolecular Hbond substituents is 1. The lowest BCUT2D eigenvalue weighted by atomic mass is 9.84. The molecule has 1 aliphatic rings. The fourth-order valence-corrected chi connectivity index (χ4v) is 2.54. The standard InChI is InChI=1S/C12H16N2O3.C4H4O4/c1-13-9-4-2-7-8(12(9)17)3-5-10(16)11(7)14-6-15;5-3(6)1-2-4(7)8/h3,5-6,9,12-13,16-17H,2,4H2,1H3,(H,14,15);1-2H,(H,5,6)(H,7,8)/b;2-1+/t9-,12+;/m0./s1. The molecule has 0 radical (unpaired) electrons. The quantitative estimate of drug-likeness (QED) is 0.250. The van der Waals surface area contributed by atoms with Gasteiger partial charge in [-0.1, -0.05) is 6.07 Å². The number of carboxylic acids is 2. The normalized spacial score (nSPS) is 18.6. The molecule has 0 unspecified atom stereocenters. The van der Waals surface area contributed by atoms with Gasteiger partial charge in [-0.05, 0) is 37.1 Å². The zero-order chi connectivity index (χ0) is 19.0. The van der Waals surface area contributed by atoms with E-state index in [1.165, 1.54) is 6.07 Å². The van der Waals surface area contributed by atoms with Crippen LogP contribution in [-0.4, -0.2) is 51.9 Å². The number of carboxylic acid groups (broad SMARTS) is 2. The molecule has 2 atom stereocenters. The van der Waals surface area contributed by atoms with Crippen molar-refractivity contribution in [1.29, 1.82) is 0 Å². The van der Waals surface area contributed by atoms with Crippen molar-refractivity contribution in [3.63, 3.8) is 0 Å². The first-order valence-electron chi connectivity index (χ1n) is 7.36. The van der Waals surface area contributed by atoms with Crippen molar-refractivity contribution in [2.24, 2.45) is 0 Å². The van der Waals surface area contributed by atoms with E-state index >= 15 is 0 Å². The lowest BCUT2D eigenvalue weighted by Crippen LogP contribution is -2.36. The van der Waals surface area contributed by atoms with Gasteiger partial charge in [0.1, 0.15) is 5.75 Å². The Kier molecular flexibility index (Phi) is 7.57. The van der Waals surface area contributed by atoms with E-state index in [2.05, 4.69) is 10.6 Å². The van der Waals surface area contributed by atoms with Crippen LogP contribution in [0.1, 0.15) is 23.7 Å². The van der Waals surface area contributed by atoms with E-state index in [9.17, 15) is 24.6 Å². The fraction of sp³-hybridized carbons (Fsp3) is 0.312. The Bertz CT molecular complexity index is 657. The molecule has 136 valence electrons. The first-order chi connectivity index (χ1) is 11.8. The molecule has 0 fully saturated rings. The minimum Gasteiger partial charge on any atom is -0.506 e. The van der Waals surface area contributed by atoms with Gasteiger partial charge in [-0.15, -0.1) is 0 Å². The van der Waals surface area contributed by atoms with Crippen LogP contribution >= 0.6 is 0 Å². The van der Waals surface area contributed by atoms with Crippen molar-refractivity contribution in [2.75, 3.05) is 12.4 Å². The summed E-state index contributed by atoms with van der Waals surface area (Å²) in [5, 5.41) is 41.0. The van der Waals surface area contributed by atoms with Crippen LogP contribution in [0.5, 0.6) is 5.75 Å². The maximum Gasteiger partial charge on any atom is 0.328 e. The Labute approximate surface area is 143 Å². The molecule has 2 rings (SSSR count). The summed E-state index contributed by atoms with van der Waals surface area (Å²) in [5.41, 5.74) is 1.99. The van der Waals surface area contributed by atoms with Crippen LogP contribution < -0.4 is 10.6 Å². The third kappa shape index (κ3) is 5.59. The molecular weight excluding hydrogens is 332 g/mol. The molecule has 0 aromatic heterocycles. The van der Waals surface area contributed by atoms with Crippen LogP contribution in [0.15, 0.2) is 24.3 Å². The molecule has 0 saturated heterocycles. The summed E-state index contributed by atoms with van der Waals surface area (Å²) < 4.78 is 0. The summed E-state index contributed by atoms with van der Waals surface area (Å²) in [6.07, 6.45) is 2.51. The van der Waals surface area contributed by atoms with Gasteiger partial charge in [-0.2, -0.15) is 0 Å². The number of phenols is 1. The highest BCUT2D eigenvalue weighted by Gasteiger charge is 2.29. The number of likely N-dealkylation sites (N-methyl/N-ethyl adjacent to an activating group) is 1. The molecule has 1 aromatic carbocycles. The smallest absolute Gasteiger partial charge is 0.328 e. The topological polar surface area (TPSA) is 156 Å². The van der Waals surface area contributed by atoms with Gasteiger partial charge in [0.25, 0.3) is 0 Å². The van der Waals surface area contributed by atoms with Gasteiger partial charge in [0, 0.05) is 18.2 Å². The molecule has 9 nitrogen and oxygen atoms in total. The van der Waals surface area contributed by atoms with Crippen LogP contribution in [0.25, 0.3) is 0 Å². The number of rotatable bonds is 5. The number of amides is 1. The maximum atomic E-state index is 10.5. The van der Waals surface area contributed by atoms with Crippen molar-refractivity contribution in [3.8, 4) is 5.75 Å². The number of carbonyl (C=O) groups is 3. The van der Waals surface area contributed by atoms with Gasteiger partial charge in [0.15, 0.2) is 0 Å². The highest BCUT2D eigenvalue weighted by Crippen LogP contribution is 2.38. The number of benzene rings is 1. The van der Waals surface area contributed by atoms with Crippen LogP contribution in [0.2, 0.25) is 0 Å². The minimum absolute atomic E-state index is 0.0103. The van der Waals surface area contributed by atoms with E-state index in [1.54, 1.807) is 6.07 Å². The second-order valence-electron chi connectivity index (χ2n) is 5.18. The molecule has 1 aliphatic carbocycles. The van der Waals surface area contributed by atoms with E-state index in [1.807, 2.05) is 7.05 Å². The van der Waals surface area contributed by atoms with Gasteiger partial charge in [-0.3, -0.25) is 4.79 Å². The lowest BCUT2D eigenvalue weighted by molar-refractivity contribution is -0.134. The number of hydrogen-bond donors (Lipinski definition) is 6. The van der Waals surface area contributed by atoms with Gasteiger partial charge >= 0.3 is 11.9 Å². The second-order valence-corrected chi connectivity index (χ2v) is 5.18. The van der Waals surface area contributed by atoms with E-state index in [0.717, 1.165) is 17.5 Å². The number of aliphatic hydroxyl groups excluding tert-OH is 1. The highest BCUT2D eigenvalue weighted by molar-refractivity contribution is 5.89. The zero-order valence-corrected chi connectivity index (χ0v) is 13.5. The molecule has 9 heteroatoms. The summed E-state index contributed by atoms with van der Waals surface area (Å²) >= 11 is 0. The van der Waals surface area contributed by atoms with E-state index in [-0.39, 0.29) is 11.8 Å². The molecule has 0 saturated carbocycles. The van der Waals surface area contributed by atoms with Crippen LogP contribution in [0.3, 0.4) is 0 Å². The third-order valence-electron chi connectivity index (χ3n) is 3.67. The van der Waals surface area contributed by atoms with Gasteiger partial charge in [0.05, 0.1) is 11.8 Å². The number of aromatic hydroxyl groups is 1. The number of carbonyl (C=O) groups excluding carboxylic acids is 1. The third-order valence-corrected chi connectivity index (χ3v) is 3.67. The van der Waals surface area contributed by atoms with Crippen molar-refractivity contribution >= 4 is 24.0 Å². The van der Waals surface area contributed by atoms with E-state index < -0.39 is 18.0 Å². The minimum atomic E-state index is -1.26. The Hall–Kier alpha value is -2.91. The molecule has 1 amide bonds. The van der Waals surface area contributed by atoms with Gasteiger partial charge in [0.2, 0.25) is 6.41 Å². The average Bonchev–Trinajstić information content (AvgIpc) is 2.56. The monoisotopic (exact) mass is 352 g/mol. The number of anilines is 1. The van der Waals surface area contributed by atoms with E-state index in [0.29, 0.717) is 30.7 Å². The number of aliphatic hydroxyl groups is 1. The van der Waals surface area contributed by atoms with E-state index in [4.69, 9.17) is 10.2 Å². The summed E-state index contributed by atoms with van der Waals surface area (Å²) in [6, 6.07) is 3.21. The van der Waals surface area contributed by atoms with Crippen molar-refractivity contribution < 1.29 is 34.8 Å². The molecule has 1 aromatic rings. The number of nitrogens with one attached hydrogen (secondary N) is 2. The highest BCUT2D eigenvalue weighted by atomic mass is 16.4. The molecule has 25 heavy (non-hydrogen) atoms. The van der Waals surface area contributed by atoms with Gasteiger partial charge < -0.3 is 31.1 Å². The van der Waals surface area contributed by atoms with Crippen LogP contribution in [0.4, 0.5) is 5.69 Å². The van der Waals surface area contributed by atoms with Gasteiger partial charge in [-0.25, -0.2) is 9.59 Å². The Morgan fingerprint density at radius 3 is 2.28 bits per heavy atom. The number of fused-ring (bicyclic) bond motifs is 1. The molecule has 0 heterocycles.